The Morgan fingerprint density at radius 3 is 2.50 bits per heavy atom. The second-order valence-corrected chi connectivity index (χ2v) is 4.12. The summed E-state index contributed by atoms with van der Waals surface area (Å²) in [5, 5.41) is 0. The van der Waals surface area contributed by atoms with Crippen LogP contribution < -0.4 is 0 Å². The van der Waals surface area contributed by atoms with Crippen molar-refractivity contribution < 1.29 is 14.3 Å². The number of nitrogens with zero attached hydrogens (tertiary/aromatic N) is 1. The van der Waals surface area contributed by atoms with Crippen LogP contribution in [0.2, 0.25) is 0 Å². The molecule has 0 aliphatic heterocycles. The van der Waals surface area contributed by atoms with Crippen LogP contribution >= 0.6 is 0 Å². The largest absolute Gasteiger partial charge is 0.471 e. The van der Waals surface area contributed by atoms with Gasteiger partial charge in [0.2, 0.25) is 0 Å². The highest BCUT2D eigenvalue weighted by Crippen LogP contribution is 2.14. The second kappa shape index (κ2) is 8.89. The first-order valence-corrected chi connectivity index (χ1v) is 6.61. The van der Waals surface area contributed by atoms with Gasteiger partial charge in [0, 0.05) is 0 Å². The first-order chi connectivity index (χ1) is 9.72. The molecule has 0 fully saturated rings. The summed E-state index contributed by atoms with van der Waals surface area (Å²) >= 11 is 0. The third kappa shape index (κ3) is 4.87. The molecule has 106 valence electrons. The number of rotatable bonds is 7. The van der Waals surface area contributed by atoms with Crippen molar-refractivity contribution in [3.8, 4) is 0 Å². The molecule has 0 atom stereocenters. The van der Waals surface area contributed by atoms with Crippen molar-refractivity contribution in [3.63, 3.8) is 0 Å². The Kier molecular flexibility index (Phi) is 7.08. The molecule has 0 spiro atoms. The lowest BCUT2D eigenvalue weighted by atomic mass is 10.1. The Labute approximate surface area is 119 Å². The van der Waals surface area contributed by atoms with Gasteiger partial charge in [-0.3, -0.25) is 4.79 Å². The number of benzene rings is 1. The topological polar surface area (TPSA) is 39.9 Å². The number of ether oxygens (including phenoxy) is 2. The first-order valence-electron chi connectivity index (χ1n) is 6.61. The van der Waals surface area contributed by atoms with Gasteiger partial charge < -0.3 is 9.47 Å². The molecule has 0 bridgehead atoms. The lowest BCUT2D eigenvalue weighted by molar-refractivity contribution is -0.138. The molecule has 0 heterocycles. The van der Waals surface area contributed by atoms with Gasteiger partial charge in [0.25, 0.3) is 5.70 Å². The van der Waals surface area contributed by atoms with Crippen LogP contribution in [-0.4, -0.2) is 19.2 Å². The van der Waals surface area contributed by atoms with Crippen molar-refractivity contribution in [1.82, 2.24) is 0 Å². The van der Waals surface area contributed by atoms with E-state index in [9.17, 15) is 4.79 Å². The summed E-state index contributed by atoms with van der Waals surface area (Å²) in [4.78, 5) is 14.9. The molecule has 1 rings (SSSR count). The van der Waals surface area contributed by atoms with Crippen LogP contribution in [0, 0.1) is 6.57 Å². The van der Waals surface area contributed by atoms with Gasteiger partial charge >= 0.3 is 5.97 Å². The Hall–Kier alpha value is -2.12. The highest BCUT2D eigenvalue weighted by atomic mass is 16.5. The van der Waals surface area contributed by atoms with Crippen LogP contribution in [0.1, 0.15) is 25.8 Å². The zero-order valence-electron chi connectivity index (χ0n) is 11.9. The van der Waals surface area contributed by atoms with E-state index in [0.717, 1.165) is 5.56 Å². The first kappa shape index (κ1) is 15.9. The summed E-state index contributed by atoms with van der Waals surface area (Å²) in [6.45, 7) is 11.7. The SMILES string of the molecule is [C-]#[N+]/C(C(=O)OCC)=C(/CC)COCc1ccccc1. The fourth-order valence-electron chi connectivity index (χ4n) is 1.67. The summed E-state index contributed by atoms with van der Waals surface area (Å²) in [7, 11) is 0. The lowest BCUT2D eigenvalue weighted by Crippen LogP contribution is -2.10. The summed E-state index contributed by atoms with van der Waals surface area (Å²) in [5.41, 5.74) is 1.78. The Balaban J connectivity index is 2.65. The van der Waals surface area contributed by atoms with Gasteiger partial charge in [-0.25, -0.2) is 4.85 Å². The molecule has 0 aliphatic carbocycles. The molecule has 0 N–H and O–H groups in total. The predicted molar refractivity (Wildman–Crippen MR) is 76.7 cm³/mol. The monoisotopic (exact) mass is 273 g/mol. The molecule has 4 heteroatoms. The zero-order chi connectivity index (χ0) is 14.8. The van der Waals surface area contributed by atoms with E-state index in [2.05, 4.69) is 4.85 Å². The molecule has 0 aliphatic rings. The minimum Gasteiger partial charge on any atom is -0.471 e. The molecule has 0 unspecified atom stereocenters. The molecule has 4 nitrogen and oxygen atoms in total. The summed E-state index contributed by atoms with van der Waals surface area (Å²) in [6, 6.07) is 9.77. The van der Waals surface area contributed by atoms with Crippen LogP contribution in [0.4, 0.5) is 0 Å². The van der Waals surface area contributed by atoms with E-state index in [0.29, 0.717) is 18.6 Å². The Bertz CT molecular complexity index is 500. The fourth-order valence-corrected chi connectivity index (χ4v) is 1.67. The van der Waals surface area contributed by atoms with Gasteiger partial charge in [-0.05, 0) is 24.5 Å². The van der Waals surface area contributed by atoms with E-state index in [1.165, 1.54) is 0 Å². The Morgan fingerprint density at radius 1 is 1.25 bits per heavy atom. The number of esters is 1. The van der Waals surface area contributed by atoms with E-state index in [4.69, 9.17) is 16.0 Å². The highest BCUT2D eigenvalue weighted by Gasteiger charge is 2.16. The van der Waals surface area contributed by atoms with Gasteiger partial charge in [0.15, 0.2) is 0 Å². The molecule has 1 aromatic carbocycles. The van der Waals surface area contributed by atoms with Crippen LogP contribution in [0.15, 0.2) is 41.6 Å². The number of carbonyl (C=O) groups is 1. The molecule has 0 radical (unpaired) electrons. The van der Waals surface area contributed by atoms with Crippen molar-refractivity contribution >= 4 is 5.97 Å². The lowest BCUT2D eigenvalue weighted by Gasteiger charge is -2.09. The van der Waals surface area contributed by atoms with Crippen LogP contribution in [-0.2, 0) is 20.9 Å². The second-order valence-electron chi connectivity index (χ2n) is 4.12. The minimum atomic E-state index is -0.567. The third-order valence-corrected chi connectivity index (χ3v) is 2.73. The molecular formula is C16H19NO3. The summed E-state index contributed by atoms with van der Waals surface area (Å²) in [5.74, 6) is -0.567. The average molecular weight is 273 g/mol. The van der Waals surface area contributed by atoms with Crippen LogP contribution in [0.3, 0.4) is 0 Å². The number of hydrogen-bond donors (Lipinski definition) is 0. The summed E-state index contributed by atoms with van der Waals surface area (Å²) in [6.07, 6.45) is 0.589. The molecule has 0 amide bonds. The quantitative estimate of drug-likeness (QED) is 0.434. The van der Waals surface area contributed by atoms with Gasteiger partial charge in [0.05, 0.1) is 26.4 Å². The molecule has 0 saturated carbocycles. The maximum atomic E-state index is 11.7. The standard InChI is InChI=1S/C16H19NO3/c1-4-14(15(17-3)16(18)20-5-2)12-19-11-13-9-7-6-8-10-13/h6-10H,4-5,11-12H2,1-2H3/b15-14-. The van der Waals surface area contributed by atoms with Crippen molar-refractivity contribution in [2.75, 3.05) is 13.2 Å². The van der Waals surface area contributed by atoms with Gasteiger partial charge in [0.1, 0.15) is 0 Å². The zero-order valence-corrected chi connectivity index (χ0v) is 11.9. The third-order valence-electron chi connectivity index (χ3n) is 2.73. The van der Waals surface area contributed by atoms with Crippen LogP contribution in [0.5, 0.6) is 0 Å². The normalized spacial score (nSPS) is 11.4. The maximum absolute atomic E-state index is 11.7. The van der Waals surface area contributed by atoms with E-state index in [-0.39, 0.29) is 18.9 Å². The van der Waals surface area contributed by atoms with E-state index >= 15 is 0 Å². The van der Waals surface area contributed by atoms with Crippen LogP contribution in [0.25, 0.3) is 4.85 Å². The molecule has 1 aromatic rings. The minimum absolute atomic E-state index is 0.0439. The van der Waals surface area contributed by atoms with Gasteiger partial charge in [-0.15, -0.1) is 0 Å². The fraction of sp³-hybridized carbons (Fsp3) is 0.375. The number of carbonyl (C=O) groups excluding carboxylic acids is 1. The smallest absolute Gasteiger partial charge is 0.336 e. The Morgan fingerprint density at radius 2 is 1.95 bits per heavy atom. The van der Waals surface area contributed by atoms with Crippen molar-refractivity contribution in [2.45, 2.75) is 26.9 Å². The summed E-state index contributed by atoms with van der Waals surface area (Å²) < 4.78 is 10.5. The molecule has 20 heavy (non-hydrogen) atoms. The van der Waals surface area contributed by atoms with Gasteiger partial charge in [-0.2, -0.15) is 0 Å². The van der Waals surface area contributed by atoms with E-state index in [1.54, 1.807) is 6.92 Å². The van der Waals surface area contributed by atoms with Gasteiger partial charge in [-0.1, -0.05) is 37.3 Å². The average Bonchev–Trinajstić information content (AvgIpc) is 2.47. The van der Waals surface area contributed by atoms with E-state index < -0.39 is 5.97 Å². The van der Waals surface area contributed by atoms with Crippen molar-refractivity contribution in [3.05, 3.63) is 58.6 Å². The highest BCUT2D eigenvalue weighted by molar-refractivity contribution is 5.91. The van der Waals surface area contributed by atoms with E-state index in [1.807, 2.05) is 37.3 Å². The number of hydrogen-bond acceptors (Lipinski definition) is 3. The molecular weight excluding hydrogens is 254 g/mol. The van der Waals surface area contributed by atoms with Crippen molar-refractivity contribution in [2.24, 2.45) is 0 Å². The predicted octanol–water partition coefficient (Wildman–Crippen LogP) is 3.35. The molecule has 0 aromatic heterocycles. The molecule has 0 saturated heterocycles. The van der Waals surface area contributed by atoms with Crippen molar-refractivity contribution in [1.29, 1.82) is 0 Å². The maximum Gasteiger partial charge on any atom is 0.336 e.